The van der Waals surface area contributed by atoms with Crippen LogP contribution in [-0.2, 0) is 15.0 Å². The average Bonchev–Trinajstić information content (AvgIpc) is 3.09. The molecule has 186 valence electrons. The summed E-state index contributed by atoms with van der Waals surface area (Å²) >= 11 is 0. The molecule has 2 aromatic carbocycles. The molecule has 6 heteroatoms. The Hall–Kier alpha value is -3.41. The molecule has 0 atom stereocenters. The number of benzene rings is 2. The lowest BCUT2D eigenvalue weighted by molar-refractivity contribution is -0.438. The zero-order valence-corrected chi connectivity index (χ0v) is 21.7. The summed E-state index contributed by atoms with van der Waals surface area (Å²) in [5, 5.41) is 5.37. The van der Waals surface area contributed by atoms with Gasteiger partial charge in [0.15, 0.2) is 5.71 Å². The third-order valence-electron chi connectivity index (χ3n) is 6.83. The number of carbonyl (C=O) groups excluding carboxylic acids is 2. The van der Waals surface area contributed by atoms with Crippen LogP contribution >= 0.6 is 0 Å². The first-order chi connectivity index (χ1) is 16.8. The van der Waals surface area contributed by atoms with Gasteiger partial charge in [-0.2, -0.15) is 4.58 Å². The Labute approximate surface area is 209 Å². The van der Waals surface area contributed by atoms with E-state index in [2.05, 4.69) is 94.6 Å². The third kappa shape index (κ3) is 6.38. The Balaban J connectivity index is 1.77. The number of unbranched alkanes of at least 4 members (excludes halogenated alkanes) is 1. The first-order valence-corrected chi connectivity index (χ1v) is 12.4. The lowest BCUT2D eigenvalue weighted by atomic mass is 9.81. The average molecular weight is 476 g/mol. The molecule has 2 amide bonds. The van der Waals surface area contributed by atoms with Gasteiger partial charge in [-0.05, 0) is 44.0 Å². The molecule has 3 rings (SSSR count). The van der Waals surface area contributed by atoms with Gasteiger partial charge < -0.3 is 15.5 Å². The Kier molecular flexibility index (Phi) is 8.85. The standard InChI is InChI=1S/C29H38N4O2/c1-29(2)24-10-6-7-11-25(24)33(20-9-8-12-27(34)30-3)26(29)18-15-22-13-16-23(17-14-22)32(5)21-19-28(35)31-4/h6-7,10-11,13-18H,8-9,12,19-21H2,1-5H3,(H-,30,31,34,35)/p+1. The van der Waals surface area contributed by atoms with Gasteiger partial charge in [-0.25, -0.2) is 0 Å². The van der Waals surface area contributed by atoms with E-state index >= 15 is 0 Å². The van der Waals surface area contributed by atoms with E-state index in [1.807, 2.05) is 7.05 Å². The predicted octanol–water partition coefficient (Wildman–Crippen LogP) is 4.26. The lowest BCUT2D eigenvalue weighted by Crippen LogP contribution is -2.28. The van der Waals surface area contributed by atoms with Crippen molar-refractivity contribution in [2.75, 3.05) is 39.1 Å². The van der Waals surface area contributed by atoms with Gasteiger partial charge in [0.25, 0.3) is 0 Å². The Morgan fingerprint density at radius 3 is 2.26 bits per heavy atom. The molecule has 35 heavy (non-hydrogen) atoms. The predicted molar refractivity (Wildman–Crippen MR) is 145 cm³/mol. The van der Waals surface area contributed by atoms with Crippen molar-refractivity contribution in [3.63, 3.8) is 0 Å². The van der Waals surface area contributed by atoms with E-state index in [9.17, 15) is 9.59 Å². The van der Waals surface area contributed by atoms with Crippen LogP contribution in [0.25, 0.3) is 6.08 Å². The molecule has 6 nitrogen and oxygen atoms in total. The van der Waals surface area contributed by atoms with Crippen LogP contribution in [0.2, 0.25) is 0 Å². The van der Waals surface area contributed by atoms with Crippen molar-refractivity contribution in [3.05, 3.63) is 65.7 Å². The van der Waals surface area contributed by atoms with Gasteiger partial charge in [0, 0.05) is 70.3 Å². The van der Waals surface area contributed by atoms with Crippen LogP contribution in [0, 0.1) is 0 Å². The normalized spacial score (nSPS) is 14.2. The monoisotopic (exact) mass is 475 g/mol. The maximum absolute atomic E-state index is 11.6. The van der Waals surface area contributed by atoms with Crippen molar-refractivity contribution in [2.45, 2.75) is 44.9 Å². The third-order valence-corrected chi connectivity index (χ3v) is 6.83. The number of rotatable bonds is 11. The van der Waals surface area contributed by atoms with Gasteiger partial charge in [0.1, 0.15) is 6.54 Å². The summed E-state index contributed by atoms with van der Waals surface area (Å²) in [5.41, 5.74) is 5.97. The molecular formula is C29H39N4O2+. The second kappa shape index (κ2) is 11.8. The van der Waals surface area contributed by atoms with E-state index in [4.69, 9.17) is 0 Å². The number of para-hydroxylation sites is 1. The van der Waals surface area contributed by atoms with E-state index in [1.165, 1.54) is 17.0 Å². The number of hydrogen-bond acceptors (Lipinski definition) is 3. The molecular weight excluding hydrogens is 436 g/mol. The fraction of sp³-hybridized carbons (Fsp3) is 0.414. The molecule has 0 aliphatic carbocycles. The highest BCUT2D eigenvalue weighted by Crippen LogP contribution is 2.40. The van der Waals surface area contributed by atoms with Crippen LogP contribution < -0.4 is 15.5 Å². The Morgan fingerprint density at radius 2 is 1.57 bits per heavy atom. The highest BCUT2D eigenvalue weighted by Gasteiger charge is 2.43. The van der Waals surface area contributed by atoms with E-state index in [0.29, 0.717) is 19.4 Å². The largest absolute Gasteiger partial charge is 0.374 e. The number of nitrogens with zero attached hydrogens (tertiary/aromatic N) is 2. The Bertz CT molecular complexity index is 1100. The molecule has 1 heterocycles. The number of fused-ring (bicyclic) bond motifs is 1. The number of allylic oxidation sites excluding steroid dienone is 1. The maximum Gasteiger partial charge on any atom is 0.221 e. The summed E-state index contributed by atoms with van der Waals surface area (Å²) in [4.78, 5) is 25.2. The topological polar surface area (TPSA) is 64.5 Å². The van der Waals surface area contributed by atoms with Gasteiger partial charge in [-0.15, -0.1) is 0 Å². The van der Waals surface area contributed by atoms with E-state index in [1.54, 1.807) is 14.1 Å². The highest BCUT2D eigenvalue weighted by molar-refractivity contribution is 6.05. The molecule has 0 fully saturated rings. The van der Waals surface area contributed by atoms with Crippen LogP contribution in [0.5, 0.6) is 0 Å². The van der Waals surface area contributed by atoms with Gasteiger partial charge in [0.2, 0.25) is 17.5 Å². The van der Waals surface area contributed by atoms with Crippen LogP contribution in [-0.4, -0.2) is 56.3 Å². The van der Waals surface area contributed by atoms with Crippen molar-refractivity contribution in [1.29, 1.82) is 0 Å². The molecule has 0 aromatic heterocycles. The zero-order chi connectivity index (χ0) is 25.4. The van der Waals surface area contributed by atoms with Crippen LogP contribution in [0.1, 0.15) is 50.7 Å². The number of anilines is 1. The highest BCUT2D eigenvalue weighted by atomic mass is 16.2. The zero-order valence-electron chi connectivity index (χ0n) is 21.7. The van der Waals surface area contributed by atoms with E-state index in [-0.39, 0.29) is 17.2 Å². The molecule has 0 saturated carbocycles. The smallest absolute Gasteiger partial charge is 0.221 e. The summed E-state index contributed by atoms with van der Waals surface area (Å²) in [5.74, 6) is 0.144. The molecule has 0 radical (unpaired) electrons. The van der Waals surface area contributed by atoms with Crippen molar-refractivity contribution in [2.24, 2.45) is 0 Å². The number of nitrogens with one attached hydrogen (secondary N) is 2. The SMILES string of the molecule is CNC(=O)CCCC[N+]1=C(/C=C/c2ccc(N(C)CCC(=O)NC)cc2)C(C)(C)c2ccccc21. The van der Waals surface area contributed by atoms with Crippen molar-refractivity contribution < 1.29 is 14.2 Å². The molecule has 0 unspecified atom stereocenters. The number of hydrogen-bond donors (Lipinski definition) is 2. The molecule has 0 spiro atoms. The minimum atomic E-state index is -0.103. The summed E-state index contributed by atoms with van der Waals surface area (Å²) in [6, 6.07) is 17.0. The quantitative estimate of drug-likeness (QED) is 0.377. The molecule has 2 aromatic rings. The minimum Gasteiger partial charge on any atom is -0.374 e. The van der Waals surface area contributed by atoms with Gasteiger partial charge in [-0.1, -0.05) is 30.3 Å². The van der Waals surface area contributed by atoms with Gasteiger partial charge in [-0.3, -0.25) is 9.59 Å². The summed E-state index contributed by atoms with van der Waals surface area (Å²) in [7, 11) is 5.36. The molecule has 2 N–H and O–H groups in total. The summed E-state index contributed by atoms with van der Waals surface area (Å²) < 4.78 is 2.41. The Morgan fingerprint density at radius 1 is 0.914 bits per heavy atom. The maximum atomic E-state index is 11.6. The first kappa shape index (κ1) is 26.2. The van der Waals surface area contributed by atoms with Crippen molar-refractivity contribution in [3.8, 4) is 0 Å². The van der Waals surface area contributed by atoms with Gasteiger partial charge in [0.05, 0.1) is 5.41 Å². The van der Waals surface area contributed by atoms with Crippen LogP contribution in [0.3, 0.4) is 0 Å². The van der Waals surface area contributed by atoms with E-state index < -0.39 is 0 Å². The van der Waals surface area contributed by atoms with Crippen LogP contribution in [0.15, 0.2) is 54.6 Å². The van der Waals surface area contributed by atoms with E-state index in [0.717, 1.165) is 30.6 Å². The lowest BCUT2D eigenvalue weighted by Gasteiger charge is -2.19. The summed E-state index contributed by atoms with van der Waals surface area (Å²) in [6.07, 6.45) is 7.26. The second-order valence-electron chi connectivity index (χ2n) is 9.58. The number of amides is 2. The minimum absolute atomic E-state index is 0.0480. The molecule has 0 bridgehead atoms. The second-order valence-corrected chi connectivity index (χ2v) is 9.58. The first-order valence-electron chi connectivity index (χ1n) is 12.4. The molecule has 1 aliphatic rings. The molecule has 1 aliphatic heterocycles. The summed E-state index contributed by atoms with van der Waals surface area (Å²) in [6.45, 7) is 6.11. The van der Waals surface area contributed by atoms with Crippen molar-refractivity contribution in [1.82, 2.24) is 10.6 Å². The molecule has 0 saturated heterocycles. The van der Waals surface area contributed by atoms with Crippen molar-refractivity contribution >= 4 is 35.0 Å². The van der Waals surface area contributed by atoms with Crippen LogP contribution in [0.4, 0.5) is 11.4 Å². The fourth-order valence-corrected chi connectivity index (χ4v) is 4.60. The fourth-order valence-electron chi connectivity index (χ4n) is 4.60. The number of carbonyl (C=O) groups is 2. The van der Waals surface area contributed by atoms with Gasteiger partial charge >= 0.3 is 0 Å².